The van der Waals surface area contributed by atoms with Crippen LogP contribution in [0.2, 0.25) is 0 Å². The summed E-state index contributed by atoms with van der Waals surface area (Å²) in [5.74, 6) is 1.03. The molecule has 2 N–H and O–H groups in total. The third-order valence-electron chi connectivity index (χ3n) is 4.86. The Labute approximate surface area is 201 Å². The van der Waals surface area contributed by atoms with Gasteiger partial charge in [-0.1, -0.05) is 11.8 Å². The molecule has 1 aromatic heterocycles. The zero-order valence-corrected chi connectivity index (χ0v) is 19.7. The van der Waals surface area contributed by atoms with Crippen molar-refractivity contribution in [2.45, 2.75) is 12.8 Å². The van der Waals surface area contributed by atoms with E-state index in [9.17, 15) is 14.0 Å². The number of carbonyl (C=O) groups is 2. The van der Waals surface area contributed by atoms with E-state index in [0.29, 0.717) is 59.0 Å². The maximum atomic E-state index is 14.4. The Bertz CT molecular complexity index is 1150. The molecule has 1 heterocycles. The third-order valence-corrected chi connectivity index (χ3v) is 5.43. The second-order valence-electron chi connectivity index (χ2n) is 7.14. The lowest BCUT2D eigenvalue weighted by molar-refractivity contribution is -0.118. The van der Waals surface area contributed by atoms with E-state index >= 15 is 0 Å². The fraction of sp³-hybridized carbons (Fsp3) is 0.292. The van der Waals surface area contributed by atoms with E-state index in [1.54, 1.807) is 43.6 Å². The number of hydrogen-bond acceptors (Lipinski definition) is 8. The summed E-state index contributed by atoms with van der Waals surface area (Å²) in [6, 6.07) is 9.81. The van der Waals surface area contributed by atoms with Crippen molar-refractivity contribution in [1.29, 1.82) is 0 Å². The first-order valence-electron chi connectivity index (χ1n) is 10.6. The van der Waals surface area contributed by atoms with Crippen LogP contribution in [0.25, 0.3) is 10.9 Å². The summed E-state index contributed by atoms with van der Waals surface area (Å²) >= 11 is 0.923. The van der Waals surface area contributed by atoms with Crippen LogP contribution in [0.15, 0.2) is 42.6 Å². The van der Waals surface area contributed by atoms with E-state index in [1.165, 1.54) is 13.2 Å². The van der Waals surface area contributed by atoms with E-state index in [1.807, 2.05) is 0 Å². The summed E-state index contributed by atoms with van der Waals surface area (Å²) in [4.78, 5) is 26.1. The van der Waals surface area contributed by atoms with Gasteiger partial charge < -0.3 is 24.8 Å². The Morgan fingerprint density at radius 3 is 2.71 bits per heavy atom. The number of anilines is 1. The van der Waals surface area contributed by atoms with Crippen molar-refractivity contribution in [3.05, 3.63) is 48.4 Å². The van der Waals surface area contributed by atoms with Gasteiger partial charge in [0.15, 0.2) is 28.7 Å². The number of carbonyl (C=O) groups excluding carboxylic acids is 2. The Balaban J connectivity index is 1.65. The predicted octanol–water partition coefficient (Wildman–Crippen LogP) is 4.42. The quantitative estimate of drug-likeness (QED) is 0.270. The molecule has 0 unspecified atom stereocenters. The highest BCUT2D eigenvalue weighted by Crippen LogP contribution is 2.37. The van der Waals surface area contributed by atoms with E-state index in [2.05, 4.69) is 15.6 Å². The van der Waals surface area contributed by atoms with Gasteiger partial charge in [0.25, 0.3) is 0 Å². The van der Waals surface area contributed by atoms with Crippen molar-refractivity contribution in [3.8, 4) is 23.0 Å². The van der Waals surface area contributed by atoms with Crippen molar-refractivity contribution in [1.82, 2.24) is 10.3 Å². The van der Waals surface area contributed by atoms with Crippen LogP contribution in [0.1, 0.15) is 12.8 Å². The molecule has 0 atom stereocenters. The molecule has 0 saturated heterocycles. The van der Waals surface area contributed by atoms with Crippen LogP contribution in [-0.2, 0) is 9.59 Å². The second-order valence-corrected chi connectivity index (χ2v) is 7.95. The van der Waals surface area contributed by atoms with Crippen LogP contribution in [0.4, 0.5) is 10.1 Å². The Kier molecular flexibility index (Phi) is 9.33. The van der Waals surface area contributed by atoms with Crippen molar-refractivity contribution in [3.63, 3.8) is 0 Å². The van der Waals surface area contributed by atoms with Gasteiger partial charge in [-0.2, -0.15) is 0 Å². The zero-order valence-electron chi connectivity index (χ0n) is 18.9. The molecule has 0 aliphatic heterocycles. The predicted molar refractivity (Wildman–Crippen MR) is 131 cm³/mol. The van der Waals surface area contributed by atoms with Gasteiger partial charge in [-0.25, -0.2) is 4.39 Å². The summed E-state index contributed by atoms with van der Waals surface area (Å²) in [7, 11) is 3.25. The van der Waals surface area contributed by atoms with Gasteiger partial charge in [0, 0.05) is 43.0 Å². The standard InChI is InChI=1S/C24H26FN3O5S/c1-26-16-5-6-21(18(25)11-16)33-20-7-9-27-19-13-23(22(31-2)12-17(19)20)32-10-4-3-8-28-24(30)14-34-15-29/h5-7,9,11-13,15,26H,3-4,8,10,14H2,1-2H3,(H,28,30). The number of pyridine rings is 1. The minimum Gasteiger partial charge on any atom is -0.493 e. The SMILES string of the molecule is CNc1ccc(Oc2ccnc3cc(OCCCCNC(=O)CSC=O)c(OC)cc23)c(F)c1. The van der Waals surface area contributed by atoms with Crippen LogP contribution in [0, 0.1) is 5.82 Å². The molecule has 0 aliphatic carbocycles. The van der Waals surface area contributed by atoms with Crippen molar-refractivity contribution < 1.29 is 28.2 Å². The Morgan fingerprint density at radius 2 is 1.97 bits per heavy atom. The molecule has 0 saturated carbocycles. The second kappa shape index (κ2) is 12.6. The van der Waals surface area contributed by atoms with Gasteiger partial charge >= 0.3 is 0 Å². The number of ether oxygens (including phenoxy) is 3. The molecule has 0 aliphatic rings. The smallest absolute Gasteiger partial charge is 0.230 e. The van der Waals surface area contributed by atoms with Crippen LogP contribution < -0.4 is 24.8 Å². The molecule has 10 heteroatoms. The molecule has 0 bridgehead atoms. The summed E-state index contributed by atoms with van der Waals surface area (Å²) in [6.07, 6.45) is 3.02. The van der Waals surface area contributed by atoms with Crippen molar-refractivity contribution in [2.24, 2.45) is 0 Å². The molecule has 0 spiro atoms. The monoisotopic (exact) mass is 487 g/mol. The highest BCUT2D eigenvalue weighted by Gasteiger charge is 2.14. The number of rotatable bonds is 13. The van der Waals surface area contributed by atoms with Gasteiger partial charge in [-0.3, -0.25) is 14.6 Å². The summed E-state index contributed by atoms with van der Waals surface area (Å²) in [5.41, 5.74) is 1.90. The molecule has 1 amide bonds. The summed E-state index contributed by atoms with van der Waals surface area (Å²) in [5, 5.41) is 6.28. The zero-order chi connectivity index (χ0) is 24.3. The van der Waals surface area contributed by atoms with Crippen LogP contribution in [-0.4, -0.2) is 49.6 Å². The maximum Gasteiger partial charge on any atom is 0.230 e. The number of halogens is 1. The topological polar surface area (TPSA) is 98.8 Å². The third kappa shape index (κ3) is 6.74. The maximum absolute atomic E-state index is 14.4. The minimum atomic E-state index is -0.484. The molecule has 180 valence electrons. The largest absolute Gasteiger partial charge is 0.493 e. The summed E-state index contributed by atoms with van der Waals surface area (Å²) in [6.45, 7) is 0.921. The molecule has 2 aromatic carbocycles. The van der Waals surface area contributed by atoms with Crippen LogP contribution in [0.5, 0.6) is 23.0 Å². The first kappa shape index (κ1) is 25.1. The average Bonchev–Trinajstić information content (AvgIpc) is 2.85. The van der Waals surface area contributed by atoms with Crippen molar-refractivity contribution in [2.75, 3.05) is 38.4 Å². The van der Waals surface area contributed by atoms with Crippen molar-refractivity contribution >= 4 is 39.9 Å². The number of unbranched alkanes of at least 4 members (excludes halogenated alkanes) is 1. The lowest BCUT2D eigenvalue weighted by Crippen LogP contribution is -2.26. The molecular weight excluding hydrogens is 461 g/mol. The van der Waals surface area contributed by atoms with Crippen LogP contribution >= 0.6 is 11.8 Å². The minimum absolute atomic E-state index is 0.0997. The average molecular weight is 488 g/mol. The lowest BCUT2D eigenvalue weighted by Gasteiger charge is -2.14. The molecule has 34 heavy (non-hydrogen) atoms. The molecule has 3 rings (SSSR count). The van der Waals surface area contributed by atoms with Gasteiger partial charge in [0.05, 0.1) is 25.0 Å². The number of nitrogens with zero attached hydrogens (tertiary/aromatic N) is 1. The van der Waals surface area contributed by atoms with E-state index < -0.39 is 5.82 Å². The normalized spacial score (nSPS) is 10.6. The molecule has 3 aromatic rings. The highest BCUT2D eigenvalue weighted by molar-refractivity contribution is 8.12. The molecule has 8 nitrogen and oxygen atoms in total. The van der Waals surface area contributed by atoms with Gasteiger partial charge in [0.2, 0.25) is 5.91 Å². The number of nitrogens with one attached hydrogen (secondary N) is 2. The lowest BCUT2D eigenvalue weighted by atomic mass is 10.1. The van der Waals surface area contributed by atoms with E-state index in [-0.39, 0.29) is 17.4 Å². The number of methoxy groups -OCH3 is 1. The molecule has 0 fully saturated rings. The Hall–Kier alpha value is -3.53. The van der Waals surface area contributed by atoms with E-state index in [4.69, 9.17) is 14.2 Å². The fourth-order valence-corrected chi connectivity index (χ4v) is 3.47. The van der Waals surface area contributed by atoms with Gasteiger partial charge in [-0.15, -0.1) is 0 Å². The molecular formula is C24H26FN3O5S. The number of amides is 1. The first-order chi connectivity index (χ1) is 16.5. The number of fused-ring (bicyclic) bond motifs is 1. The van der Waals surface area contributed by atoms with Crippen LogP contribution in [0.3, 0.4) is 0 Å². The summed E-state index contributed by atoms with van der Waals surface area (Å²) < 4.78 is 31.6. The highest BCUT2D eigenvalue weighted by atomic mass is 32.2. The number of benzene rings is 2. The van der Waals surface area contributed by atoms with Gasteiger partial charge in [0.1, 0.15) is 5.75 Å². The number of thioether (sulfide) groups is 1. The first-order valence-corrected chi connectivity index (χ1v) is 11.7. The van der Waals surface area contributed by atoms with Gasteiger partial charge in [-0.05, 0) is 37.1 Å². The number of hydrogen-bond donors (Lipinski definition) is 2. The number of aromatic nitrogens is 1. The Morgan fingerprint density at radius 1 is 1.12 bits per heavy atom. The molecule has 0 radical (unpaired) electrons. The van der Waals surface area contributed by atoms with E-state index in [0.717, 1.165) is 18.2 Å². The fourth-order valence-electron chi connectivity index (χ4n) is 3.15.